The minimum atomic E-state index is 0.412. The van der Waals surface area contributed by atoms with Crippen molar-refractivity contribution >= 4 is 17.3 Å². The third-order valence-corrected chi connectivity index (χ3v) is 4.56. The fraction of sp³-hybridized carbons (Fsp3) is 0.733. The molecule has 0 aliphatic rings. The lowest BCUT2D eigenvalue weighted by atomic mass is 10.1. The summed E-state index contributed by atoms with van der Waals surface area (Å²) in [5.41, 5.74) is 1.24. The van der Waals surface area contributed by atoms with Gasteiger partial charge in [0.1, 0.15) is 0 Å². The standard InChI is InChI=1S/C15H28N4S/c1-7-13-12(5)20-14(19-13)8-9-17-15(16-6)18-11(4)10(2)3/h10-11H,7-9H2,1-6H3,(H2,16,17,18). The minimum absolute atomic E-state index is 0.412. The quantitative estimate of drug-likeness (QED) is 0.627. The van der Waals surface area contributed by atoms with Gasteiger partial charge in [0.2, 0.25) is 0 Å². The summed E-state index contributed by atoms with van der Waals surface area (Å²) in [6.07, 6.45) is 1.97. The number of aliphatic imine (C=N–C) groups is 1. The summed E-state index contributed by atoms with van der Waals surface area (Å²) >= 11 is 1.81. The highest BCUT2D eigenvalue weighted by atomic mass is 32.1. The van der Waals surface area contributed by atoms with Crippen molar-refractivity contribution in [2.75, 3.05) is 13.6 Å². The third-order valence-electron chi connectivity index (χ3n) is 3.49. The van der Waals surface area contributed by atoms with Crippen molar-refractivity contribution in [2.24, 2.45) is 10.9 Å². The normalized spacial score (nSPS) is 13.7. The Morgan fingerprint density at radius 1 is 1.35 bits per heavy atom. The average Bonchev–Trinajstić information content (AvgIpc) is 2.77. The number of rotatable bonds is 6. The molecule has 0 spiro atoms. The molecule has 5 heteroatoms. The van der Waals surface area contributed by atoms with Crippen molar-refractivity contribution in [2.45, 2.75) is 53.5 Å². The Kier molecular flexibility index (Phi) is 6.99. The van der Waals surface area contributed by atoms with Crippen molar-refractivity contribution in [3.8, 4) is 0 Å². The second-order valence-corrected chi connectivity index (χ2v) is 6.68. The van der Waals surface area contributed by atoms with Gasteiger partial charge >= 0.3 is 0 Å². The van der Waals surface area contributed by atoms with Crippen LogP contribution >= 0.6 is 11.3 Å². The largest absolute Gasteiger partial charge is 0.356 e. The van der Waals surface area contributed by atoms with Crippen molar-refractivity contribution < 1.29 is 0 Å². The van der Waals surface area contributed by atoms with Crippen LogP contribution in [0.1, 0.15) is 43.3 Å². The first-order chi connectivity index (χ1) is 9.47. The number of nitrogens with one attached hydrogen (secondary N) is 2. The van der Waals surface area contributed by atoms with E-state index < -0.39 is 0 Å². The fourth-order valence-corrected chi connectivity index (χ4v) is 2.81. The minimum Gasteiger partial charge on any atom is -0.356 e. The van der Waals surface area contributed by atoms with Gasteiger partial charge in [0.25, 0.3) is 0 Å². The van der Waals surface area contributed by atoms with Crippen LogP contribution in [0.25, 0.3) is 0 Å². The summed E-state index contributed by atoms with van der Waals surface area (Å²) < 4.78 is 0. The molecule has 0 saturated heterocycles. The monoisotopic (exact) mass is 296 g/mol. The molecule has 0 aromatic carbocycles. The first-order valence-electron chi connectivity index (χ1n) is 7.40. The van der Waals surface area contributed by atoms with Crippen LogP contribution in [-0.2, 0) is 12.8 Å². The molecule has 1 aromatic rings. The molecule has 2 N–H and O–H groups in total. The molecule has 114 valence electrons. The molecule has 4 nitrogen and oxygen atoms in total. The van der Waals surface area contributed by atoms with E-state index in [0.717, 1.165) is 25.3 Å². The maximum Gasteiger partial charge on any atom is 0.191 e. The van der Waals surface area contributed by atoms with E-state index in [4.69, 9.17) is 0 Å². The number of hydrogen-bond donors (Lipinski definition) is 2. The number of guanidine groups is 1. The van der Waals surface area contributed by atoms with E-state index in [2.05, 4.69) is 55.2 Å². The fourth-order valence-electron chi connectivity index (χ4n) is 1.79. The first-order valence-corrected chi connectivity index (χ1v) is 8.21. The van der Waals surface area contributed by atoms with Gasteiger partial charge in [-0.1, -0.05) is 20.8 Å². The molecule has 20 heavy (non-hydrogen) atoms. The predicted molar refractivity (Wildman–Crippen MR) is 88.7 cm³/mol. The summed E-state index contributed by atoms with van der Waals surface area (Å²) in [5.74, 6) is 1.46. The van der Waals surface area contributed by atoms with Crippen LogP contribution in [0.3, 0.4) is 0 Å². The van der Waals surface area contributed by atoms with Crippen LogP contribution in [0, 0.1) is 12.8 Å². The molecule has 1 unspecified atom stereocenters. The van der Waals surface area contributed by atoms with Crippen LogP contribution in [0.5, 0.6) is 0 Å². The molecule has 0 aliphatic carbocycles. The molecular weight excluding hydrogens is 268 g/mol. The van der Waals surface area contributed by atoms with Crippen LogP contribution < -0.4 is 10.6 Å². The predicted octanol–water partition coefficient (Wildman–Crippen LogP) is 2.77. The van der Waals surface area contributed by atoms with Gasteiger partial charge in [0, 0.05) is 30.9 Å². The zero-order chi connectivity index (χ0) is 15.1. The molecule has 0 aliphatic heterocycles. The molecule has 0 radical (unpaired) electrons. The van der Waals surface area contributed by atoms with Crippen molar-refractivity contribution in [3.05, 3.63) is 15.6 Å². The van der Waals surface area contributed by atoms with Gasteiger partial charge in [-0.25, -0.2) is 4.98 Å². The van der Waals surface area contributed by atoms with Crippen LogP contribution in [0.15, 0.2) is 4.99 Å². The summed E-state index contributed by atoms with van der Waals surface area (Å²) in [4.78, 5) is 10.3. The summed E-state index contributed by atoms with van der Waals surface area (Å²) in [7, 11) is 1.81. The summed E-state index contributed by atoms with van der Waals surface area (Å²) in [5, 5.41) is 7.97. The van der Waals surface area contributed by atoms with Gasteiger partial charge in [-0.3, -0.25) is 4.99 Å². The summed E-state index contributed by atoms with van der Waals surface area (Å²) in [6, 6.07) is 0.412. The molecule has 1 aromatic heterocycles. The first kappa shape index (κ1) is 17.0. The lowest BCUT2D eigenvalue weighted by molar-refractivity contribution is 0.481. The topological polar surface area (TPSA) is 49.3 Å². The van der Waals surface area contributed by atoms with Crippen molar-refractivity contribution in [1.29, 1.82) is 0 Å². The van der Waals surface area contributed by atoms with E-state index in [9.17, 15) is 0 Å². The van der Waals surface area contributed by atoms with E-state index in [1.807, 2.05) is 7.05 Å². The van der Waals surface area contributed by atoms with E-state index >= 15 is 0 Å². The second-order valence-electron chi connectivity index (χ2n) is 5.39. The highest BCUT2D eigenvalue weighted by Crippen LogP contribution is 2.17. The van der Waals surface area contributed by atoms with Gasteiger partial charge in [0.15, 0.2) is 5.96 Å². The maximum absolute atomic E-state index is 4.66. The number of hydrogen-bond acceptors (Lipinski definition) is 3. The zero-order valence-electron chi connectivity index (χ0n) is 13.6. The SMILES string of the molecule is CCc1nc(CCNC(=NC)NC(C)C(C)C)sc1C. The molecule has 0 saturated carbocycles. The number of nitrogens with zero attached hydrogens (tertiary/aromatic N) is 2. The van der Waals surface area contributed by atoms with Crippen LogP contribution in [0.2, 0.25) is 0 Å². The Morgan fingerprint density at radius 3 is 2.55 bits per heavy atom. The van der Waals surface area contributed by atoms with E-state index in [0.29, 0.717) is 12.0 Å². The second kappa shape index (κ2) is 8.25. The Morgan fingerprint density at radius 2 is 2.05 bits per heavy atom. The van der Waals surface area contributed by atoms with Gasteiger partial charge < -0.3 is 10.6 Å². The molecule has 0 bridgehead atoms. The van der Waals surface area contributed by atoms with Gasteiger partial charge in [0.05, 0.1) is 10.7 Å². The van der Waals surface area contributed by atoms with Crippen molar-refractivity contribution in [3.63, 3.8) is 0 Å². The maximum atomic E-state index is 4.66. The highest BCUT2D eigenvalue weighted by Gasteiger charge is 2.09. The molecular formula is C15H28N4S. The van der Waals surface area contributed by atoms with E-state index in [1.165, 1.54) is 15.6 Å². The lowest BCUT2D eigenvalue weighted by Crippen LogP contribution is -2.44. The van der Waals surface area contributed by atoms with E-state index in [-0.39, 0.29) is 0 Å². The zero-order valence-corrected chi connectivity index (χ0v) is 14.4. The molecule has 1 heterocycles. The molecule has 0 amide bonds. The smallest absolute Gasteiger partial charge is 0.191 e. The van der Waals surface area contributed by atoms with Crippen LogP contribution in [-0.4, -0.2) is 30.6 Å². The van der Waals surface area contributed by atoms with Gasteiger partial charge in [-0.15, -0.1) is 11.3 Å². The van der Waals surface area contributed by atoms with Gasteiger partial charge in [-0.2, -0.15) is 0 Å². The molecule has 1 atom stereocenters. The lowest BCUT2D eigenvalue weighted by Gasteiger charge is -2.20. The molecule has 0 fully saturated rings. The van der Waals surface area contributed by atoms with Gasteiger partial charge in [-0.05, 0) is 26.2 Å². The van der Waals surface area contributed by atoms with Crippen molar-refractivity contribution in [1.82, 2.24) is 15.6 Å². The Labute approximate surface area is 127 Å². The highest BCUT2D eigenvalue weighted by molar-refractivity contribution is 7.11. The van der Waals surface area contributed by atoms with Crippen LogP contribution in [0.4, 0.5) is 0 Å². The average molecular weight is 296 g/mol. The number of aromatic nitrogens is 1. The number of aryl methyl sites for hydroxylation is 2. The number of thiazole rings is 1. The Balaban J connectivity index is 2.41. The summed E-state index contributed by atoms with van der Waals surface area (Å²) in [6.45, 7) is 11.8. The third kappa shape index (κ3) is 5.12. The Hall–Kier alpha value is -1.10. The van der Waals surface area contributed by atoms with E-state index in [1.54, 1.807) is 11.3 Å². The molecule has 1 rings (SSSR count). The Bertz CT molecular complexity index is 437.